The predicted octanol–water partition coefficient (Wildman–Crippen LogP) is 5.03. The number of hydrogen-bond donors (Lipinski definition) is 3. The molecule has 4 rings (SSSR count). The SMILES string of the molecule is C=CC[C@H]1C(=O)C(C)(C)[C@@H](O)CC(=O)N[C@H](c2ccc3sc(C)nc3c2)C[C@@H]2O[C@]2(C)CCC[C@H](C)[C@@H]1O. The Labute approximate surface area is 229 Å². The Balaban J connectivity index is 1.63. The molecule has 0 aliphatic carbocycles. The minimum Gasteiger partial charge on any atom is -0.392 e. The first-order chi connectivity index (χ1) is 17.9. The summed E-state index contributed by atoms with van der Waals surface area (Å²) < 4.78 is 7.25. The van der Waals surface area contributed by atoms with Crippen molar-refractivity contribution < 1.29 is 24.5 Å². The van der Waals surface area contributed by atoms with Gasteiger partial charge in [-0.1, -0.05) is 39.3 Å². The maximum absolute atomic E-state index is 13.6. The molecule has 0 saturated carbocycles. The van der Waals surface area contributed by atoms with E-state index in [2.05, 4.69) is 23.8 Å². The van der Waals surface area contributed by atoms with Crippen molar-refractivity contribution in [1.82, 2.24) is 10.3 Å². The normalized spacial score (nSPS) is 34.9. The van der Waals surface area contributed by atoms with Crippen LogP contribution in [0, 0.1) is 24.2 Å². The summed E-state index contributed by atoms with van der Waals surface area (Å²) in [7, 11) is 0. The Hall–Kier alpha value is -2.13. The van der Waals surface area contributed by atoms with Crippen LogP contribution in [-0.4, -0.2) is 50.8 Å². The molecule has 3 N–H and O–H groups in total. The molecule has 3 heterocycles. The Kier molecular flexibility index (Phi) is 8.48. The van der Waals surface area contributed by atoms with E-state index in [9.17, 15) is 19.8 Å². The lowest BCUT2D eigenvalue weighted by atomic mass is 9.71. The number of hydrogen-bond acceptors (Lipinski definition) is 7. The van der Waals surface area contributed by atoms with Crippen LogP contribution in [0.4, 0.5) is 0 Å². The van der Waals surface area contributed by atoms with E-state index in [4.69, 9.17) is 4.74 Å². The fraction of sp³-hybridized carbons (Fsp3) is 0.633. The van der Waals surface area contributed by atoms with Gasteiger partial charge in [-0.05, 0) is 56.7 Å². The van der Waals surface area contributed by atoms with E-state index in [1.54, 1.807) is 31.3 Å². The van der Waals surface area contributed by atoms with Crippen molar-refractivity contribution in [3.63, 3.8) is 0 Å². The highest BCUT2D eigenvalue weighted by atomic mass is 32.1. The number of carbonyl (C=O) groups is 2. The summed E-state index contributed by atoms with van der Waals surface area (Å²) in [6.45, 7) is 13.1. The van der Waals surface area contributed by atoms with Crippen LogP contribution in [0.1, 0.15) is 82.8 Å². The van der Waals surface area contributed by atoms with Gasteiger partial charge in [0.2, 0.25) is 5.91 Å². The lowest BCUT2D eigenvalue weighted by Crippen LogP contribution is -2.47. The molecular formula is C30H42N2O5S. The van der Waals surface area contributed by atoms with Crippen LogP contribution in [-0.2, 0) is 14.3 Å². The molecule has 208 valence electrons. The molecule has 2 aliphatic rings. The number of rotatable bonds is 3. The molecule has 38 heavy (non-hydrogen) atoms. The predicted molar refractivity (Wildman–Crippen MR) is 150 cm³/mol. The number of fused-ring (bicyclic) bond motifs is 2. The summed E-state index contributed by atoms with van der Waals surface area (Å²) >= 11 is 1.63. The van der Waals surface area contributed by atoms with Crippen LogP contribution in [0.5, 0.6) is 0 Å². The first-order valence-corrected chi connectivity index (χ1v) is 14.5. The van der Waals surface area contributed by atoms with E-state index in [0.717, 1.165) is 40.1 Å². The summed E-state index contributed by atoms with van der Waals surface area (Å²) in [6.07, 6.45) is 2.73. The molecule has 8 heteroatoms. The number of amides is 1. The first-order valence-electron chi connectivity index (χ1n) is 13.7. The van der Waals surface area contributed by atoms with Crippen molar-refractivity contribution in [3.8, 4) is 0 Å². The van der Waals surface area contributed by atoms with E-state index < -0.39 is 23.5 Å². The van der Waals surface area contributed by atoms with E-state index in [1.807, 2.05) is 32.0 Å². The number of carbonyl (C=O) groups excluding carboxylic acids is 2. The second-order valence-corrected chi connectivity index (χ2v) is 13.3. The number of nitrogens with zero attached hydrogens (tertiary/aromatic N) is 1. The number of thiazole rings is 1. The van der Waals surface area contributed by atoms with Crippen LogP contribution in [0.25, 0.3) is 10.2 Å². The molecule has 2 fully saturated rings. The number of benzene rings is 1. The van der Waals surface area contributed by atoms with Gasteiger partial charge in [0.15, 0.2) is 0 Å². The number of allylic oxidation sites excluding steroid dienone is 1. The van der Waals surface area contributed by atoms with Crippen molar-refractivity contribution in [2.45, 2.75) is 103 Å². The lowest BCUT2D eigenvalue weighted by molar-refractivity contribution is -0.144. The van der Waals surface area contributed by atoms with Gasteiger partial charge in [-0.2, -0.15) is 0 Å². The third kappa shape index (κ3) is 6.03. The molecule has 7 nitrogen and oxygen atoms in total. The average Bonchev–Trinajstić information content (AvgIpc) is 3.32. The van der Waals surface area contributed by atoms with Crippen molar-refractivity contribution in [2.75, 3.05) is 0 Å². The molecule has 0 radical (unpaired) electrons. The number of epoxide rings is 1. The van der Waals surface area contributed by atoms with Gasteiger partial charge in [0.1, 0.15) is 5.78 Å². The van der Waals surface area contributed by atoms with E-state index in [1.165, 1.54) is 0 Å². The summed E-state index contributed by atoms with van der Waals surface area (Å²) in [6, 6.07) is 5.77. The second-order valence-electron chi connectivity index (χ2n) is 12.0. The summed E-state index contributed by atoms with van der Waals surface area (Å²) in [5.74, 6) is -1.37. The highest BCUT2D eigenvalue weighted by Gasteiger charge is 2.52. The molecule has 0 unspecified atom stereocenters. The van der Waals surface area contributed by atoms with Gasteiger partial charge < -0.3 is 20.3 Å². The molecule has 1 aromatic carbocycles. The van der Waals surface area contributed by atoms with Gasteiger partial charge in [-0.25, -0.2) is 4.98 Å². The maximum Gasteiger partial charge on any atom is 0.223 e. The third-order valence-corrected chi connectivity index (χ3v) is 9.63. The molecule has 2 saturated heterocycles. The Bertz CT molecular complexity index is 1190. The summed E-state index contributed by atoms with van der Waals surface area (Å²) in [5, 5.41) is 26.3. The van der Waals surface area contributed by atoms with E-state index in [0.29, 0.717) is 12.8 Å². The Morgan fingerprint density at radius 3 is 2.71 bits per heavy atom. The van der Waals surface area contributed by atoms with Gasteiger partial charge in [-0.3, -0.25) is 9.59 Å². The molecule has 2 aliphatic heterocycles. The molecule has 7 atom stereocenters. The number of Topliss-reactive ketones (excluding diaryl/α,β-unsaturated/α-hetero) is 1. The zero-order valence-electron chi connectivity index (χ0n) is 23.2. The lowest BCUT2D eigenvalue weighted by Gasteiger charge is -2.36. The van der Waals surface area contributed by atoms with Crippen LogP contribution < -0.4 is 5.32 Å². The molecule has 0 bridgehead atoms. The zero-order valence-corrected chi connectivity index (χ0v) is 24.0. The Morgan fingerprint density at radius 2 is 2.00 bits per heavy atom. The van der Waals surface area contributed by atoms with Crippen LogP contribution >= 0.6 is 11.3 Å². The van der Waals surface area contributed by atoms with Gasteiger partial charge in [0.05, 0.1) is 57.0 Å². The number of ether oxygens (including phenoxy) is 1. The highest BCUT2D eigenvalue weighted by molar-refractivity contribution is 7.18. The smallest absolute Gasteiger partial charge is 0.223 e. The monoisotopic (exact) mass is 542 g/mol. The molecular weight excluding hydrogens is 500 g/mol. The van der Waals surface area contributed by atoms with E-state index in [-0.39, 0.29) is 41.8 Å². The molecule has 0 spiro atoms. The van der Waals surface area contributed by atoms with Gasteiger partial charge in [-0.15, -0.1) is 17.9 Å². The van der Waals surface area contributed by atoms with Crippen LogP contribution in [0.3, 0.4) is 0 Å². The van der Waals surface area contributed by atoms with Crippen molar-refractivity contribution in [2.24, 2.45) is 17.3 Å². The maximum atomic E-state index is 13.6. The topological polar surface area (TPSA) is 112 Å². The minimum absolute atomic E-state index is 0.00902. The van der Waals surface area contributed by atoms with Crippen LogP contribution in [0.15, 0.2) is 30.9 Å². The average molecular weight is 543 g/mol. The van der Waals surface area contributed by atoms with Crippen molar-refractivity contribution in [3.05, 3.63) is 41.4 Å². The Morgan fingerprint density at radius 1 is 1.26 bits per heavy atom. The third-order valence-electron chi connectivity index (χ3n) is 8.67. The van der Waals surface area contributed by atoms with Gasteiger partial charge in [0.25, 0.3) is 0 Å². The number of ketones is 1. The number of aryl methyl sites for hydroxylation is 1. The van der Waals surface area contributed by atoms with Gasteiger partial charge in [0, 0.05) is 12.3 Å². The number of aliphatic hydroxyl groups is 2. The fourth-order valence-corrected chi connectivity index (χ4v) is 6.63. The second kappa shape index (κ2) is 11.2. The number of aliphatic hydroxyl groups excluding tert-OH is 2. The molecule has 1 amide bonds. The summed E-state index contributed by atoms with van der Waals surface area (Å²) in [4.78, 5) is 31.5. The highest BCUT2D eigenvalue weighted by Crippen LogP contribution is 2.46. The largest absolute Gasteiger partial charge is 0.392 e. The number of aromatic nitrogens is 1. The van der Waals surface area contributed by atoms with Crippen molar-refractivity contribution in [1.29, 1.82) is 0 Å². The van der Waals surface area contributed by atoms with Crippen LogP contribution in [0.2, 0.25) is 0 Å². The molecule has 1 aromatic heterocycles. The van der Waals surface area contributed by atoms with Gasteiger partial charge >= 0.3 is 0 Å². The summed E-state index contributed by atoms with van der Waals surface area (Å²) in [5.41, 5.74) is 0.346. The minimum atomic E-state index is -1.21. The first kappa shape index (κ1) is 28.9. The number of nitrogens with one attached hydrogen (secondary N) is 1. The van der Waals surface area contributed by atoms with E-state index >= 15 is 0 Å². The van der Waals surface area contributed by atoms with Crippen molar-refractivity contribution >= 4 is 33.2 Å². The standard InChI is InChI=1S/C30H42N2O5S/c1-7-9-20-27(35)17(2)10-8-13-30(6)25(37-30)15-21(19-11-12-23-22(14-19)31-18(3)38-23)32-26(34)16-24(33)29(4,5)28(20)36/h7,11-12,14,17,20-21,24-25,27,33,35H,1,8-10,13,15-16H2,2-6H3,(H,32,34)/t17-,20+,21-,24-,25-,27-,30+/m0/s1. The molecule has 2 aromatic rings. The fourth-order valence-electron chi connectivity index (χ4n) is 5.83. The zero-order chi connectivity index (χ0) is 27.8. The quantitative estimate of drug-likeness (QED) is 0.371.